The highest BCUT2D eigenvalue weighted by Gasteiger charge is 2.11. The van der Waals surface area contributed by atoms with Crippen molar-refractivity contribution in [3.8, 4) is 0 Å². The fraction of sp³-hybridized carbons (Fsp3) is 0.214. The van der Waals surface area contributed by atoms with Gasteiger partial charge >= 0.3 is 5.97 Å². The average Bonchev–Trinajstić information content (AvgIpc) is 2.41. The van der Waals surface area contributed by atoms with Gasteiger partial charge in [0.1, 0.15) is 0 Å². The quantitative estimate of drug-likeness (QED) is 0.879. The number of nitrogens with zero attached hydrogens (tertiary/aromatic N) is 2. The lowest BCUT2D eigenvalue weighted by molar-refractivity contribution is 0.0594. The molecule has 6 heteroatoms. The number of rotatable bonds is 3. The molecular formula is C14H14ClN3O2. The fourth-order valence-electron chi connectivity index (χ4n) is 1.68. The third kappa shape index (κ3) is 3.24. The molecule has 0 fully saturated rings. The monoisotopic (exact) mass is 291 g/mol. The first-order valence-electron chi connectivity index (χ1n) is 5.97. The van der Waals surface area contributed by atoms with Crippen molar-refractivity contribution in [3.63, 3.8) is 0 Å². The molecular weight excluding hydrogens is 278 g/mol. The summed E-state index contributed by atoms with van der Waals surface area (Å²) in [4.78, 5) is 19.9. The van der Waals surface area contributed by atoms with Crippen molar-refractivity contribution < 1.29 is 9.53 Å². The summed E-state index contributed by atoms with van der Waals surface area (Å²) in [6, 6.07) is 7.04. The second-order valence-electron chi connectivity index (χ2n) is 4.29. The molecule has 0 amide bonds. The van der Waals surface area contributed by atoms with E-state index in [1.165, 1.54) is 7.11 Å². The second kappa shape index (κ2) is 5.88. The first-order valence-corrected chi connectivity index (χ1v) is 6.34. The number of hydrogen-bond donors (Lipinski definition) is 1. The van der Waals surface area contributed by atoms with Gasteiger partial charge in [-0.2, -0.15) is 0 Å². The van der Waals surface area contributed by atoms with Gasteiger partial charge in [-0.1, -0.05) is 17.7 Å². The smallest absolute Gasteiger partial charge is 0.356 e. The maximum absolute atomic E-state index is 11.5. The Balaban J connectivity index is 2.36. The lowest BCUT2D eigenvalue weighted by Crippen LogP contribution is -2.09. The van der Waals surface area contributed by atoms with E-state index < -0.39 is 5.97 Å². The van der Waals surface area contributed by atoms with Gasteiger partial charge in [0.05, 0.1) is 7.11 Å². The molecule has 0 bridgehead atoms. The summed E-state index contributed by atoms with van der Waals surface area (Å²) in [6.45, 7) is 3.72. The molecule has 0 radical (unpaired) electrons. The Bertz CT molecular complexity index is 659. The molecule has 1 N–H and O–H groups in total. The Kier molecular flexibility index (Phi) is 4.20. The number of halogens is 1. The Hall–Kier alpha value is -2.14. The molecule has 0 saturated heterocycles. The van der Waals surface area contributed by atoms with Crippen LogP contribution in [-0.4, -0.2) is 23.0 Å². The van der Waals surface area contributed by atoms with Crippen molar-refractivity contribution in [2.45, 2.75) is 13.8 Å². The van der Waals surface area contributed by atoms with E-state index in [4.69, 9.17) is 11.6 Å². The van der Waals surface area contributed by atoms with E-state index in [1.54, 1.807) is 25.1 Å². The summed E-state index contributed by atoms with van der Waals surface area (Å²) in [6.07, 6.45) is 0. The fourth-order valence-corrected chi connectivity index (χ4v) is 1.86. The number of nitrogens with one attached hydrogen (secondary N) is 1. The zero-order valence-electron chi connectivity index (χ0n) is 11.4. The van der Waals surface area contributed by atoms with Crippen LogP contribution in [0.25, 0.3) is 0 Å². The van der Waals surface area contributed by atoms with Crippen LogP contribution >= 0.6 is 11.6 Å². The normalized spacial score (nSPS) is 10.2. The highest BCUT2D eigenvalue weighted by atomic mass is 35.5. The number of aryl methyl sites for hydroxylation is 2. The van der Waals surface area contributed by atoms with Crippen molar-refractivity contribution in [3.05, 3.63) is 46.2 Å². The summed E-state index contributed by atoms with van der Waals surface area (Å²) in [5.74, 6) is -0.169. The van der Waals surface area contributed by atoms with Crippen LogP contribution in [0.2, 0.25) is 5.02 Å². The number of hydrogen-bond acceptors (Lipinski definition) is 5. The van der Waals surface area contributed by atoms with Gasteiger partial charge in [-0.25, -0.2) is 14.8 Å². The van der Waals surface area contributed by atoms with E-state index >= 15 is 0 Å². The Labute approximate surface area is 122 Å². The van der Waals surface area contributed by atoms with Gasteiger partial charge in [-0.05, 0) is 37.6 Å². The molecule has 1 heterocycles. The lowest BCUT2D eigenvalue weighted by atomic mass is 10.2. The highest BCUT2D eigenvalue weighted by molar-refractivity contribution is 6.30. The third-order valence-corrected chi connectivity index (χ3v) is 2.93. The van der Waals surface area contributed by atoms with Gasteiger partial charge in [-0.15, -0.1) is 0 Å². The van der Waals surface area contributed by atoms with E-state index in [2.05, 4.69) is 20.0 Å². The molecule has 0 aliphatic rings. The van der Waals surface area contributed by atoms with Gasteiger partial charge in [-0.3, -0.25) is 0 Å². The molecule has 5 nitrogen and oxygen atoms in total. The number of aromatic nitrogens is 2. The number of carbonyl (C=O) groups is 1. The molecule has 0 saturated carbocycles. The molecule has 20 heavy (non-hydrogen) atoms. The maximum Gasteiger partial charge on any atom is 0.356 e. The molecule has 2 aromatic rings. The van der Waals surface area contributed by atoms with Crippen LogP contribution in [0.5, 0.6) is 0 Å². The SMILES string of the molecule is COC(=O)c1cc(C)nc(Nc2cc(Cl)ccc2C)n1. The van der Waals surface area contributed by atoms with Gasteiger partial charge < -0.3 is 10.1 Å². The Morgan fingerprint density at radius 1 is 1.25 bits per heavy atom. The summed E-state index contributed by atoms with van der Waals surface area (Å²) in [7, 11) is 1.31. The van der Waals surface area contributed by atoms with Crippen LogP contribution in [0.15, 0.2) is 24.3 Å². The topological polar surface area (TPSA) is 64.1 Å². The van der Waals surface area contributed by atoms with Gasteiger partial charge in [0.25, 0.3) is 0 Å². The van der Waals surface area contributed by atoms with Crippen LogP contribution in [0.4, 0.5) is 11.6 Å². The van der Waals surface area contributed by atoms with Crippen LogP contribution < -0.4 is 5.32 Å². The second-order valence-corrected chi connectivity index (χ2v) is 4.73. The number of ether oxygens (including phenoxy) is 1. The molecule has 0 aliphatic carbocycles. The maximum atomic E-state index is 11.5. The minimum Gasteiger partial charge on any atom is -0.464 e. The standard InChI is InChI=1S/C14H14ClN3O2/c1-8-4-5-10(15)7-11(8)17-14-16-9(2)6-12(18-14)13(19)20-3/h4-7H,1-3H3,(H,16,17,18). The van der Waals surface area contributed by atoms with Crippen LogP contribution in [0.1, 0.15) is 21.7 Å². The molecule has 0 spiro atoms. The van der Waals surface area contributed by atoms with Crippen molar-refractivity contribution >= 4 is 29.2 Å². The Morgan fingerprint density at radius 3 is 2.70 bits per heavy atom. The molecule has 104 valence electrons. The predicted molar refractivity (Wildman–Crippen MR) is 77.6 cm³/mol. The minimum absolute atomic E-state index is 0.210. The lowest BCUT2D eigenvalue weighted by Gasteiger charge is -2.10. The van der Waals surface area contributed by atoms with E-state index in [9.17, 15) is 4.79 Å². The number of esters is 1. The van der Waals surface area contributed by atoms with Crippen molar-refractivity contribution in [2.24, 2.45) is 0 Å². The first-order chi connectivity index (χ1) is 9.49. The van der Waals surface area contributed by atoms with Gasteiger partial charge in [0, 0.05) is 16.4 Å². The van der Waals surface area contributed by atoms with Gasteiger partial charge in [0.2, 0.25) is 5.95 Å². The van der Waals surface area contributed by atoms with E-state index in [0.29, 0.717) is 16.7 Å². The van der Waals surface area contributed by atoms with E-state index in [0.717, 1.165) is 11.3 Å². The first kappa shape index (κ1) is 14.3. The zero-order chi connectivity index (χ0) is 14.7. The number of anilines is 2. The summed E-state index contributed by atoms with van der Waals surface area (Å²) >= 11 is 5.96. The van der Waals surface area contributed by atoms with Crippen LogP contribution in [0, 0.1) is 13.8 Å². The van der Waals surface area contributed by atoms with Crippen molar-refractivity contribution in [1.82, 2.24) is 9.97 Å². The minimum atomic E-state index is -0.499. The third-order valence-electron chi connectivity index (χ3n) is 2.69. The number of carbonyl (C=O) groups excluding carboxylic acids is 1. The van der Waals surface area contributed by atoms with E-state index in [-0.39, 0.29) is 5.69 Å². The molecule has 1 aromatic heterocycles. The van der Waals surface area contributed by atoms with Crippen molar-refractivity contribution in [1.29, 1.82) is 0 Å². The van der Waals surface area contributed by atoms with Gasteiger partial charge in [0.15, 0.2) is 5.69 Å². The molecule has 1 aromatic carbocycles. The molecule has 0 atom stereocenters. The van der Waals surface area contributed by atoms with Crippen LogP contribution in [-0.2, 0) is 4.74 Å². The molecule has 0 unspecified atom stereocenters. The summed E-state index contributed by atoms with van der Waals surface area (Å²) < 4.78 is 4.66. The summed E-state index contributed by atoms with van der Waals surface area (Å²) in [5.41, 5.74) is 2.67. The summed E-state index contributed by atoms with van der Waals surface area (Å²) in [5, 5.41) is 3.67. The highest BCUT2D eigenvalue weighted by Crippen LogP contribution is 2.22. The number of methoxy groups -OCH3 is 1. The average molecular weight is 292 g/mol. The van der Waals surface area contributed by atoms with E-state index in [1.807, 2.05) is 13.0 Å². The largest absolute Gasteiger partial charge is 0.464 e. The Morgan fingerprint density at radius 2 is 2.00 bits per heavy atom. The molecule has 0 aliphatic heterocycles. The van der Waals surface area contributed by atoms with Crippen molar-refractivity contribution in [2.75, 3.05) is 12.4 Å². The molecule has 2 rings (SSSR count). The predicted octanol–water partition coefficient (Wildman–Crippen LogP) is 3.28. The number of benzene rings is 1. The van der Waals surface area contributed by atoms with Crippen LogP contribution in [0.3, 0.4) is 0 Å². The zero-order valence-corrected chi connectivity index (χ0v) is 12.2.